The predicted octanol–water partition coefficient (Wildman–Crippen LogP) is 23.6. The molecule has 80 heavy (non-hydrogen) atoms. The van der Waals surface area contributed by atoms with Gasteiger partial charge in [0.15, 0.2) is 6.10 Å². The molecule has 0 fully saturated rings. The van der Waals surface area contributed by atoms with E-state index < -0.39 is 6.10 Å². The van der Waals surface area contributed by atoms with Gasteiger partial charge in [-0.1, -0.05) is 317 Å². The van der Waals surface area contributed by atoms with Gasteiger partial charge >= 0.3 is 17.9 Å². The van der Waals surface area contributed by atoms with Crippen LogP contribution in [0.4, 0.5) is 0 Å². The zero-order valence-corrected chi connectivity index (χ0v) is 52.8. The first-order valence-corrected chi connectivity index (χ1v) is 34.2. The normalized spacial score (nSPS) is 12.7. The molecule has 0 aliphatic rings. The van der Waals surface area contributed by atoms with E-state index in [-0.39, 0.29) is 31.1 Å². The van der Waals surface area contributed by atoms with Gasteiger partial charge in [0.2, 0.25) is 0 Å². The Hall–Kier alpha value is -3.67. The fraction of sp³-hybridized carbons (Fsp3) is 0.743. The monoisotopic (exact) mass is 1110 g/mol. The molecule has 6 nitrogen and oxygen atoms in total. The van der Waals surface area contributed by atoms with Gasteiger partial charge in [-0.25, -0.2) is 0 Å². The van der Waals surface area contributed by atoms with Gasteiger partial charge in [-0.2, -0.15) is 0 Å². The first-order chi connectivity index (χ1) is 39.5. The molecule has 0 saturated carbocycles. The molecule has 0 aliphatic carbocycles. The quantitative estimate of drug-likeness (QED) is 0.0261. The lowest BCUT2D eigenvalue weighted by Crippen LogP contribution is -2.30. The summed E-state index contributed by atoms with van der Waals surface area (Å²) in [7, 11) is 0. The van der Waals surface area contributed by atoms with Gasteiger partial charge in [-0.15, -0.1) is 0 Å². The fourth-order valence-corrected chi connectivity index (χ4v) is 9.78. The second kappa shape index (κ2) is 67.8. The molecule has 0 radical (unpaired) electrons. The van der Waals surface area contributed by atoms with Crippen molar-refractivity contribution in [2.75, 3.05) is 13.2 Å². The Balaban J connectivity index is 4.36. The van der Waals surface area contributed by atoms with Crippen molar-refractivity contribution in [2.45, 2.75) is 341 Å². The van der Waals surface area contributed by atoms with Crippen LogP contribution in [0.2, 0.25) is 0 Å². The highest BCUT2D eigenvalue weighted by Gasteiger charge is 2.19. The molecule has 460 valence electrons. The minimum atomic E-state index is -0.787. The number of carbonyl (C=O) groups is 3. The molecule has 6 heteroatoms. The Kier molecular flexibility index (Phi) is 64.7. The summed E-state index contributed by atoms with van der Waals surface area (Å²) in [6.07, 6.45) is 91.3. The second-order valence-electron chi connectivity index (χ2n) is 22.7. The Morgan fingerprint density at radius 1 is 0.263 bits per heavy atom. The van der Waals surface area contributed by atoms with E-state index in [4.69, 9.17) is 14.2 Å². The van der Waals surface area contributed by atoms with Gasteiger partial charge in [-0.05, 0) is 96.3 Å². The van der Waals surface area contributed by atoms with Crippen molar-refractivity contribution in [3.63, 3.8) is 0 Å². The predicted molar refractivity (Wildman–Crippen MR) is 348 cm³/mol. The van der Waals surface area contributed by atoms with Crippen molar-refractivity contribution in [1.82, 2.24) is 0 Å². The van der Waals surface area contributed by atoms with Crippen LogP contribution >= 0.6 is 0 Å². The Bertz CT molecular complexity index is 1560. The molecule has 0 amide bonds. The van der Waals surface area contributed by atoms with Gasteiger partial charge < -0.3 is 14.2 Å². The molecule has 0 aromatic carbocycles. The Morgan fingerprint density at radius 3 is 0.762 bits per heavy atom. The molecule has 0 N–H and O–H groups in total. The third-order valence-corrected chi connectivity index (χ3v) is 14.8. The average Bonchev–Trinajstić information content (AvgIpc) is 3.46. The number of allylic oxidation sites excluding steroid dienone is 16. The Morgan fingerprint density at radius 2 is 0.487 bits per heavy atom. The zero-order chi connectivity index (χ0) is 57.8. The maximum Gasteiger partial charge on any atom is 0.306 e. The van der Waals surface area contributed by atoms with Crippen molar-refractivity contribution < 1.29 is 28.6 Å². The highest BCUT2D eigenvalue weighted by Crippen LogP contribution is 2.17. The first-order valence-electron chi connectivity index (χ1n) is 34.2. The number of carbonyl (C=O) groups excluding carboxylic acids is 3. The Labute approximate surface area is 496 Å². The summed E-state index contributed by atoms with van der Waals surface area (Å²) in [5.74, 6) is -0.880. The van der Waals surface area contributed by atoms with E-state index >= 15 is 0 Å². The van der Waals surface area contributed by atoms with Crippen molar-refractivity contribution >= 4 is 17.9 Å². The smallest absolute Gasteiger partial charge is 0.306 e. The number of rotatable bonds is 62. The molecule has 1 atom stereocenters. The molecule has 0 aliphatic heterocycles. The van der Waals surface area contributed by atoms with Crippen molar-refractivity contribution in [3.8, 4) is 0 Å². The molecule has 0 aromatic rings. The molecule has 0 aromatic heterocycles. The minimum absolute atomic E-state index is 0.0805. The van der Waals surface area contributed by atoms with Crippen LogP contribution in [0.1, 0.15) is 335 Å². The number of esters is 3. The molecular formula is C74H128O6. The van der Waals surface area contributed by atoms with Crippen LogP contribution in [0.5, 0.6) is 0 Å². The number of ether oxygens (including phenoxy) is 3. The highest BCUT2D eigenvalue weighted by molar-refractivity contribution is 5.71. The molecule has 0 spiro atoms. The van der Waals surface area contributed by atoms with Crippen LogP contribution in [0.15, 0.2) is 97.2 Å². The summed E-state index contributed by atoms with van der Waals surface area (Å²) in [4.78, 5) is 38.5. The molecule has 0 bridgehead atoms. The summed E-state index contributed by atoms with van der Waals surface area (Å²) in [6, 6.07) is 0. The molecule has 0 saturated heterocycles. The molecule has 0 heterocycles. The van der Waals surface area contributed by atoms with Gasteiger partial charge in [-0.3, -0.25) is 14.4 Å². The van der Waals surface area contributed by atoms with Crippen LogP contribution in [0, 0.1) is 0 Å². The lowest BCUT2D eigenvalue weighted by molar-refractivity contribution is -0.167. The van der Waals surface area contributed by atoms with E-state index in [1.54, 1.807) is 0 Å². The molecular weight excluding hydrogens is 985 g/mol. The van der Waals surface area contributed by atoms with E-state index in [9.17, 15) is 14.4 Å². The summed E-state index contributed by atoms with van der Waals surface area (Å²) in [5.41, 5.74) is 0. The third kappa shape index (κ3) is 65.1. The van der Waals surface area contributed by atoms with Crippen molar-refractivity contribution in [1.29, 1.82) is 0 Å². The lowest BCUT2D eigenvalue weighted by Gasteiger charge is -2.18. The number of unbranched alkanes of at least 4 members (excludes halogenated alkanes) is 35. The van der Waals surface area contributed by atoms with E-state index in [0.29, 0.717) is 19.3 Å². The van der Waals surface area contributed by atoms with Crippen LogP contribution in [0.3, 0.4) is 0 Å². The van der Waals surface area contributed by atoms with E-state index in [2.05, 4.69) is 118 Å². The highest BCUT2D eigenvalue weighted by atomic mass is 16.6. The SMILES string of the molecule is CC/C=C\C/C=C\C/C=C\C/C=C\CCCCCCCCCCCCCCC(=O)OCC(COC(=O)CCCCCCCCCCCCCCCCCCCC)OC(=O)CCCCCCCC/C=C\C/C=C\C/C=C\C/C=C\CC. The van der Waals surface area contributed by atoms with Crippen LogP contribution in [-0.4, -0.2) is 37.2 Å². The average molecular weight is 1110 g/mol. The third-order valence-electron chi connectivity index (χ3n) is 14.8. The van der Waals surface area contributed by atoms with Crippen LogP contribution < -0.4 is 0 Å². The summed E-state index contributed by atoms with van der Waals surface area (Å²) in [5, 5.41) is 0. The number of hydrogen-bond acceptors (Lipinski definition) is 6. The largest absolute Gasteiger partial charge is 0.462 e. The van der Waals surface area contributed by atoms with Gasteiger partial charge in [0.25, 0.3) is 0 Å². The minimum Gasteiger partial charge on any atom is -0.462 e. The standard InChI is InChI=1S/C74H128O6/c1-4-7-10-13-16-19-22-25-28-31-34-35-36-37-38-39-41-43-46-49-52-55-58-61-64-67-73(76)79-70-71(69-78-72(75)66-63-60-57-54-51-48-45-42-33-30-27-24-21-18-15-12-9-6-3)80-74(77)68-65-62-59-56-53-50-47-44-40-32-29-26-23-20-17-14-11-8-5-2/h7-8,10-11,16-17,19-20,25-26,28-29,34-35,40,44,71H,4-6,9,12-15,18,21-24,27,30-33,36-39,41-43,45-70H2,1-3H3/b10-7-,11-8-,19-16-,20-17-,28-25-,29-26-,35-34-,44-40-. The maximum absolute atomic E-state index is 12.9. The van der Waals surface area contributed by atoms with Gasteiger partial charge in [0.1, 0.15) is 13.2 Å². The fourth-order valence-electron chi connectivity index (χ4n) is 9.78. The van der Waals surface area contributed by atoms with Crippen molar-refractivity contribution in [3.05, 3.63) is 97.2 Å². The topological polar surface area (TPSA) is 78.9 Å². The summed E-state index contributed by atoms with van der Waals surface area (Å²) < 4.78 is 17.0. The van der Waals surface area contributed by atoms with E-state index in [1.165, 1.54) is 173 Å². The second-order valence-corrected chi connectivity index (χ2v) is 22.7. The van der Waals surface area contributed by atoms with Crippen LogP contribution in [-0.2, 0) is 28.6 Å². The maximum atomic E-state index is 12.9. The van der Waals surface area contributed by atoms with E-state index in [0.717, 1.165) is 122 Å². The van der Waals surface area contributed by atoms with Gasteiger partial charge in [0.05, 0.1) is 0 Å². The summed E-state index contributed by atoms with van der Waals surface area (Å²) in [6.45, 7) is 6.45. The molecule has 0 rings (SSSR count). The summed E-state index contributed by atoms with van der Waals surface area (Å²) >= 11 is 0. The van der Waals surface area contributed by atoms with Gasteiger partial charge in [0, 0.05) is 19.3 Å². The lowest BCUT2D eigenvalue weighted by atomic mass is 10.0. The van der Waals surface area contributed by atoms with Crippen molar-refractivity contribution in [2.24, 2.45) is 0 Å². The zero-order valence-electron chi connectivity index (χ0n) is 52.8. The van der Waals surface area contributed by atoms with E-state index in [1.807, 2.05) is 0 Å². The van der Waals surface area contributed by atoms with Crippen LogP contribution in [0.25, 0.3) is 0 Å². The first kappa shape index (κ1) is 76.3. The number of hydrogen-bond donors (Lipinski definition) is 0. The molecule has 1 unspecified atom stereocenters.